The van der Waals surface area contributed by atoms with Crippen molar-refractivity contribution in [1.29, 1.82) is 0 Å². The Kier molecular flexibility index (Phi) is 3.87. The Morgan fingerprint density at radius 1 is 1.12 bits per heavy atom. The maximum absolute atomic E-state index is 6.10. The van der Waals surface area contributed by atoms with E-state index in [1.807, 2.05) is 37.3 Å². The fraction of sp³-hybridized carbons (Fsp3) is 0.154. The molecule has 0 spiro atoms. The van der Waals surface area contributed by atoms with Crippen LogP contribution >= 0.6 is 23.2 Å². The van der Waals surface area contributed by atoms with Gasteiger partial charge in [0.25, 0.3) is 0 Å². The summed E-state index contributed by atoms with van der Waals surface area (Å²) in [5.41, 5.74) is 2.85. The van der Waals surface area contributed by atoms with Crippen LogP contribution in [0.25, 0.3) is 0 Å². The zero-order valence-electron chi connectivity index (χ0n) is 9.37. The maximum atomic E-state index is 6.10. The second kappa shape index (κ2) is 5.39. The average molecular weight is 267 g/mol. The Morgan fingerprint density at radius 2 is 1.82 bits per heavy atom. The molecule has 0 aliphatic heterocycles. The van der Waals surface area contributed by atoms with Crippen LogP contribution in [0.3, 0.4) is 0 Å². The molecule has 0 aliphatic rings. The average Bonchev–Trinajstić information content (AvgIpc) is 2.30. The van der Waals surface area contributed by atoms with Crippen molar-refractivity contribution in [3.8, 4) is 0 Å². The van der Waals surface area contributed by atoms with Crippen molar-refractivity contribution in [2.75, 3.05) is 5.32 Å². The van der Waals surface area contributed by atoms with Gasteiger partial charge in [-0.2, -0.15) is 0 Å². The highest BCUT2D eigenvalue weighted by atomic mass is 35.5. The molecule has 0 unspecified atom stereocenters. The summed E-state index contributed by atoms with van der Waals surface area (Å²) < 4.78 is 0. The topological polar surface area (TPSA) is 24.9 Å². The minimum Gasteiger partial charge on any atom is -0.379 e. The molecule has 1 aromatic carbocycles. The molecule has 0 fully saturated rings. The molecule has 0 amide bonds. The number of nitrogens with one attached hydrogen (secondary N) is 1. The summed E-state index contributed by atoms with van der Waals surface area (Å²) in [4.78, 5) is 4.21. The van der Waals surface area contributed by atoms with Gasteiger partial charge < -0.3 is 5.32 Å². The van der Waals surface area contributed by atoms with Gasteiger partial charge in [-0.05, 0) is 31.2 Å². The van der Waals surface area contributed by atoms with Gasteiger partial charge in [0.1, 0.15) is 0 Å². The molecule has 88 valence electrons. The van der Waals surface area contributed by atoms with E-state index in [0.717, 1.165) is 16.9 Å². The Morgan fingerprint density at radius 3 is 2.47 bits per heavy atom. The normalized spacial score (nSPS) is 10.3. The third-order valence-electron chi connectivity index (χ3n) is 2.52. The number of hydrogen-bond acceptors (Lipinski definition) is 2. The second-order valence-corrected chi connectivity index (χ2v) is 4.50. The number of hydrogen-bond donors (Lipinski definition) is 1. The molecule has 0 saturated heterocycles. The molecule has 1 aromatic heterocycles. The van der Waals surface area contributed by atoms with E-state index in [1.165, 1.54) is 0 Å². The number of benzene rings is 1. The van der Waals surface area contributed by atoms with Gasteiger partial charge in [-0.15, -0.1) is 0 Å². The van der Waals surface area contributed by atoms with Crippen molar-refractivity contribution in [1.82, 2.24) is 4.98 Å². The van der Waals surface area contributed by atoms with Crippen molar-refractivity contribution in [2.24, 2.45) is 0 Å². The molecule has 1 N–H and O–H groups in total. The lowest BCUT2D eigenvalue weighted by Gasteiger charge is -2.11. The molecule has 0 bridgehead atoms. The summed E-state index contributed by atoms with van der Waals surface area (Å²) in [6.07, 6.45) is 1.77. The number of nitrogens with zero attached hydrogens (tertiary/aromatic N) is 1. The van der Waals surface area contributed by atoms with Crippen LogP contribution in [0.15, 0.2) is 36.5 Å². The molecule has 1 heterocycles. The predicted molar refractivity (Wildman–Crippen MR) is 72.8 cm³/mol. The van der Waals surface area contributed by atoms with Crippen LogP contribution in [-0.2, 0) is 6.54 Å². The molecule has 0 radical (unpaired) electrons. The minimum atomic E-state index is 0.588. The minimum absolute atomic E-state index is 0.588. The highest BCUT2D eigenvalue weighted by molar-refractivity contribution is 6.36. The van der Waals surface area contributed by atoms with Crippen molar-refractivity contribution in [2.45, 2.75) is 13.5 Å². The highest BCUT2D eigenvalue weighted by Crippen LogP contribution is 2.25. The smallest absolute Gasteiger partial charge is 0.0603 e. The summed E-state index contributed by atoms with van der Waals surface area (Å²) in [7, 11) is 0. The van der Waals surface area contributed by atoms with E-state index in [4.69, 9.17) is 23.2 Å². The molecular weight excluding hydrogens is 255 g/mol. The van der Waals surface area contributed by atoms with Gasteiger partial charge in [0.15, 0.2) is 0 Å². The molecular formula is C13H12Cl2N2. The standard InChI is InChI=1S/C13H12Cl2N2/c1-9-13(6-3-7-16-9)17-8-10-11(14)4-2-5-12(10)15/h2-7,17H,8H2,1H3. The molecule has 2 aromatic rings. The van der Waals surface area contributed by atoms with E-state index in [9.17, 15) is 0 Å². The Hall–Kier alpha value is -1.25. The summed E-state index contributed by atoms with van der Waals surface area (Å²) in [6.45, 7) is 2.54. The van der Waals surface area contributed by atoms with Gasteiger partial charge in [0.05, 0.1) is 11.4 Å². The first kappa shape index (κ1) is 12.2. The first-order chi connectivity index (χ1) is 8.18. The SMILES string of the molecule is Cc1ncccc1NCc1c(Cl)cccc1Cl. The lowest BCUT2D eigenvalue weighted by atomic mass is 10.2. The Balaban J connectivity index is 2.16. The van der Waals surface area contributed by atoms with Gasteiger partial charge in [0, 0.05) is 28.4 Å². The van der Waals surface area contributed by atoms with Crippen LogP contribution in [0.1, 0.15) is 11.3 Å². The van der Waals surface area contributed by atoms with Crippen LogP contribution in [0.5, 0.6) is 0 Å². The molecule has 2 nitrogen and oxygen atoms in total. The van der Waals surface area contributed by atoms with E-state index < -0.39 is 0 Å². The van der Waals surface area contributed by atoms with E-state index >= 15 is 0 Å². The Labute approximate surface area is 111 Å². The number of halogens is 2. The summed E-state index contributed by atoms with van der Waals surface area (Å²) in [5.74, 6) is 0. The zero-order valence-corrected chi connectivity index (χ0v) is 10.9. The van der Waals surface area contributed by atoms with Crippen LogP contribution in [0.4, 0.5) is 5.69 Å². The van der Waals surface area contributed by atoms with Crippen LogP contribution in [0, 0.1) is 6.92 Å². The van der Waals surface area contributed by atoms with Gasteiger partial charge in [0.2, 0.25) is 0 Å². The zero-order chi connectivity index (χ0) is 12.3. The van der Waals surface area contributed by atoms with Crippen molar-refractivity contribution >= 4 is 28.9 Å². The molecule has 0 saturated carbocycles. The fourth-order valence-electron chi connectivity index (χ4n) is 1.56. The van der Waals surface area contributed by atoms with Crippen molar-refractivity contribution in [3.05, 3.63) is 57.8 Å². The molecule has 4 heteroatoms. The predicted octanol–water partition coefficient (Wildman–Crippen LogP) is 4.31. The molecule has 0 atom stereocenters. The number of rotatable bonds is 3. The number of aromatic nitrogens is 1. The van der Waals surface area contributed by atoms with Crippen molar-refractivity contribution in [3.63, 3.8) is 0 Å². The third kappa shape index (κ3) is 2.90. The highest BCUT2D eigenvalue weighted by Gasteiger charge is 2.05. The fourth-order valence-corrected chi connectivity index (χ4v) is 2.09. The van der Waals surface area contributed by atoms with Crippen LogP contribution in [-0.4, -0.2) is 4.98 Å². The number of aryl methyl sites for hydroxylation is 1. The molecule has 0 aliphatic carbocycles. The largest absolute Gasteiger partial charge is 0.379 e. The lowest BCUT2D eigenvalue weighted by Crippen LogP contribution is -2.03. The first-order valence-electron chi connectivity index (χ1n) is 5.27. The van der Waals surface area contributed by atoms with Crippen molar-refractivity contribution < 1.29 is 0 Å². The molecule has 2 rings (SSSR count). The van der Waals surface area contributed by atoms with Crippen LogP contribution < -0.4 is 5.32 Å². The van der Waals surface area contributed by atoms with Gasteiger partial charge in [-0.1, -0.05) is 29.3 Å². The maximum Gasteiger partial charge on any atom is 0.0603 e. The summed E-state index contributed by atoms with van der Waals surface area (Å²) in [5, 5.41) is 4.62. The third-order valence-corrected chi connectivity index (χ3v) is 3.23. The quantitative estimate of drug-likeness (QED) is 0.896. The van der Waals surface area contributed by atoms with E-state index in [2.05, 4.69) is 10.3 Å². The van der Waals surface area contributed by atoms with Gasteiger partial charge >= 0.3 is 0 Å². The van der Waals surface area contributed by atoms with E-state index in [-0.39, 0.29) is 0 Å². The monoisotopic (exact) mass is 266 g/mol. The summed E-state index contributed by atoms with van der Waals surface area (Å²) >= 11 is 12.2. The van der Waals surface area contributed by atoms with Gasteiger partial charge in [-0.25, -0.2) is 0 Å². The number of anilines is 1. The summed E-state index contributed by atoms with van der Waals surface area (Å²) in [6, 6.07) is 9.38. The Bertz CT molecular complexity index is 506. The van der Waals surface area contributed by atoms with E-state index in [1.54, 1.807) is 6.20 Å². The molecule has 17 heavy (non-hydrogen) atoms. The van der Waals surface area contributed by atoms with Gasteiger partial charge in [-0.3, -0.25) is 4.98 Å². The first-order valence-corrected chi connectivity index (χ1v) is 6.02. The van der Waals surface area contributed by atoms with E-state index in [0.29, 0.717) is 16.6 Å². The van der Waals surface area contributed by atoms with Crippen LogP contribution in [0.2, 0.25) is 10.0 Å². The number of pyridine rings is 1. The lowest BCUT2D eigenvalue weighted by molar-refractivity contribution is 1.11. The second-order valence-electron chi connectivity index (χ2n) is 3.69.